The van der Waals surface area contributed by atoms with E-state index < -0.39 is 5.60 Å². The summed E-state index contributed by atoms with van der Waals surface area (Å²) in [6, 6.07) is 5.99. The van der Waals surface area contributed by atoms with Gasteiger partial charge in [0.25, 0.3) is 5.91 Å². The summed E-state index contributed by atoms with van der Waals surface area (Å²) in [6.45, 7) is 3.55. The lowest BCUT2D eigenvalue weighted by Crippen LogP contribution is -2.45. The van der Waals surface area contributed by atoms with Crippen LogP contribution in [-0.4, -0.2) is 18.6 Å². The summed E-state index contributed by atoms with van der Waals surface area (Å²) in [4.78, 5) is 12.2. The van der Waals surface area contributed by atoms with E-state index in [2.05, 4.69) is 5.32 Å². The minimum absolute atomic E-state index is 0.0614. The standard InChI is InChI=1S/C15H22N2O2/c1-15(2,19-3)14(18)17-13-6-4-5-10-9-11(16)7-8-12(10)13/h7-9,13H,4-6,16H2,1-3H3,(H,17,18). The highest BCUT2D eigenvalue weighted by atomic mass is 16.5. The molecule has 2 rings (SSSR count). The van der Waals surface area contributed by atoms with Crippen molar-refractivity contribution >= 4 is 11.6 Å². The number of aryl methyl sites for hydroxylation is 1. The summed E-state index contributed by atoms with van der Waals surface area (Å²) in [5.41, 5.74) is 8.22. The van der Waals surface area contributed by atoms with Crippen molar-refractivity contribution in [3.8, 4) is 0 Å². The molecule has 0 bridgehead atoms. The quantitative estimate of drug-likeness (QED) is 0.821. The Morgan fingerprint density at radius 1 is 1.47 bits per heavy atom. The molecule has 0 saturated carbocycles. The maximum Gasteiger partial charge on any atom is 0.252 e. The minimum atomic E-state index is -0.800. The van der Waals surface area contributed by atoms with Crippen LogP contribution in [0.4, 0.5) is 5.69 Å². The van der Waals surface area contributed by atoms with Gasteiger partial charge >= 0.3 is 0 Å². The lowest BCUT2D eigenvalue weighted by molar-refractivity contribution is -0.140. The van der Waals surface area contributed by atoms with E-state index in [4.69, 9.17) is 10.5 Å². The Morgan fingerprint density at radius 2 is 2.21 bits per heavy atom. The molecule has 0 heterocycles. The van der Waals surface area contributed by atoms with Crippen LogP contribution in [0.5, 0.6) is 0 Å². The van der Waals surface area contributed by atoms with Crippen molar-refractivity contribution < 1.29 is 9.53 Å². The molecule has 1 aromatic rings. The smallest absolute Gasteiger partial charge is 0.252 e. The Hall–Kier alpha value is -1.55. The van der Waals surface area contributed by atoms with Crippen LogP contribution < -0.4 is 11.1 Å². The van der Waals surface area contributed by atoms with Crippen LogP contribution in [0.2, 0.25) is 0 Å². The third-order valence-electron chi connectivity index (χ3n) is 3.84. The number of fused-ring (bicyclic) bond motifs is 1. The molecule has 104 valence electrons. The van der Waals surface area contributed by atoms with Crippen LogP contribution in [0.1, 0.15) is 43.9 Å². The number of ether oxygens (including phenoxy) is 1. The Kier molecular flexibility index (Phi) is 3.80. The number of nitrogens with one attached hydrogen (secondary N) is 1. The number of nitrogen functional groups attached to an aromatic ring is 1. The Morgan fingerprint density at radius 3 is 2.89 bits per heavy atom. The maximum absolute atomic E-state index is 12.2. The van der Waals surface area contributed by atoms with Gasteiger partial charge in [-0.2, -0.15) is 0 Å². The van der Waals surface area contributed by atoms with Gasteiger partial charge in [-0.15, -0.1) is 0 Å². The largest absolute Gasteiger partial charge is 0.399 e. The number of rotatable bonds is 3. The highest BCUT2D eigenvalue weighted by molar-refractivity contribution is 5.84. The topological polar surface area (TPSA) is 64.3 Å². The average molecular weight is 262 g/mol. The molecule has 1 aromatic carbocycles. The van der Waals surface area contributed by atoms with Gasteiger partial charge in [-0.1, -0.05) is 6.07 Å². The molecule has 0 aromatic heterocycles. The molecule has 1 atom stereocenters. The molecular formula is C15H22N2O2. The van der Waals surface area contributed by atoms with Crippen LogP contribution in [0.25, 0.3) is 0 Å². The molecule has 4 nitrogen and oxygen atoms in total. The van der Waals surface area contributed by atoms with Crippen molar-refractivity contribution in [3.63, 3.8) is 0 Å². The van der Waals surface area contributed by atoms with Crippen LogP contribution in [0.3, 0.4) is 0 Å². The molecule has 0 aliphatic heterocycles. The normalized spacial score (nSPS) is 18.8. The summed E-state index contributed by atoms with van der Waals surface area (Å²) in [5, 5.41) is 3.08. The lowest BCUT2D eigenvalue weighted by atomic mass is 9.87. The van der Waals surface area contributed by atoms with Crippen molar-refractivity contribution in [1.82, 2.24) is 5.32 Å². The first-order chi connectivity index (χ1) is 8.94. The van der Waals surface area contributed by atoms with Crippen molar-refractivity contribution in [2.45, 2.75) is 44.8 Å². The highest BCUT2D eigenvalue weighted by Crippen LogP contribution is 2.31. The number of nitrogens with two attached hydrogens (primary N) is 1. The molecule has 4 heteroatoms. The van der Waals surface area contributed by atoms with Gasteiger partial charge < -0.3 is 15.8 Å². The SMILES string of the molecule is COC(C)(C)C(=O)NC1CCCc2cc(N)ccc21. The van der Waals surface area contributed by atoms with Gasteiger partial charge in [0.05, 0.1) is 6.04 Å². The molecule has 1 aliphatic carbocycles. The predicted molar refractivity (Wildman–Crippen MR) is 75.8 cm³/mol. The number of benzene rings is 1. The van der Waals surface area contributed by atoms with Crippen molar-refractivity contribution in [3.05, 3.63) is 29.3 Å². The zero-order chi connectivity index (χ0) is 14.0. The number of amides is 1. The lowest BCUT2D eigenvalue weighted by Gasteiger charge is -2.30. The number of anilines is 1. The molecular weight excluding hydrogens is 240 g/mol. The molecule has 1 amide bonds. The second-order valence-corrected chi connectivity index (χ2v) is 5.59. The van der Waals surface area contributed by atoms with Gasteiger partial charge in [0.1, 0.15) is 5.60 Å². The Labute approximate surface area is 114 Å². The van der Waals surface area contributed by atoms with Gasteiger partial charge in [-0.3, -0.25) is 4.79 Å². The summed E-state index contributed by atoms with van der Waals surface area (Å²) < 4.78 is 5.22. The first-order valence-electron chi connectivity index (χ1n) is 6.68. The third-order valence-corrected chi connectivity index (χ3v) is 3.84. The van der Waals surface area contributed by atoms with E-state index in [1.807, 2.05) is 18.2 Å². The van der Waals surface area contributed by atoms with Gasteiger partial charge in [-0.05, 0) is 56.4 Å². The molecule has 1 unspecified atom stereocenters. The first-order valence-corrected chi connectivity index (χ1v) is 6.68. The second-order valence-electron chi connectivity index (χ2n) is 5.59. The Balaban J connectivity index is 2.18. The molecule has 1 aliphatic rings. The van der Waals surface area contributed by atoms with Gasteiger partial charge in [-0.25, -0.2) is 0 Å². The van der Waals surface area contributed by atoms with E-state index in [9.17, 15) is 4.79 Å². The van der Waals surface area contributed by atoms with Crippen LogP contribution in [0, 0.1) is 0 Å². The van der Waals surface area contributed by atoms with E-state index in [1.54, 1.807) is 21.0 Å². The number of hydrogen-bond acceptors (Lipinski definition) is 3. The van der Waals surface area contributed by atoms with Gasteiger partial charge in [0.2, 0.25) is 0 Å². The average Bonchev–Trinajstić information content (AvgIpc) is 2.38. The fraction of sp³-hybridized carbons (Fsp3) is 0.533. The van der Waals surface area contributed by atoms with Gasteiger partial charge in [0.15, 0.2) is 0 Å². The van der Waals surface area contributed by atoms with E-state index in [0.29, 0.717) is 0 Å². The molecule has 19 heavy (non-hydrogen) atoms. The van der Waals surface area contributed by atoms with E-state index in [-0.39, 0.29) is 11.9 Å². The first kappa shape index (κ1) is 13.9. The summed E-state index contributed by atoms with van der Waals surface area (Å²) in [5.74, 6) is -0.0790. The monoisotopic (exact) mass is 262 g/mol. The second kappa shape index (κ2) is 5.21. The number of hydrogen-bond donors (Lipinski definition) is 2. The van der Waals surface area contributed by atoms with E-state index in [0.717, 1.165) is 24.9 Å². The molecule has 0 fully saturated rings. The minimum Gasteiger partial charge on any atom is -0.399 e. The Bertz CT molecular complexity index is 483. The van der Waals surface area contributed by atoms with Crippen molar-refractivity contribution in [2.75, 3.05) is 12.8 Å². The van der Waals surface area contributed by atoms with E-state index >= 15 is 0 Å². The third kappa shape index (κ3) is 2.89. The predicted octanol–water partition coefficient (Wildman–Crippen LogP) is 2.19. The summed E-state index contributed by atoms with van der Waals surface area (Å²) in [7, 11) is 1.55. The van der Waals surface area contributed by atoms with Crippen molar-refractivity contribution in [1.29, 1.82) is 0 Å². The zero-order valence-electron chi connectivity index (χ0n) is 11.8. The van der Waals surface area contributed by atoms with Crippen molar-refractivity contribution in [2.24, 2.45) is 0 Å². The molecule has 0 radical (unpaired) electrons. The zero-order valence-corrected chi connectivity index (χ0v) is 11.8. The molecule has 0 saturated heterocycles. The fourth-order valence-electron chi connectivity index (χ4n) is 2.41. The van der Waals surface area contributed by atoms with E-state index in [1.165, 1.54) is 11.1 Å². The van der Waals surface area contributed by atoms with Crippen LogP contribution >= 0.6 is 0 Å². The fourth-order valence-corrected chi connectivity index (χ4v) is 2.41. The summed E-state index contributed by atoms with van der Waals surface area (Å²) >= 11 is 0. The van der Waals surface area contributed by atoms with Crippen LogP contribution in [-0.2, 0) is 16.0 Å². The highest BCUT2D eigenvalue weighted by Gasteiger charge is 2.30. The maximum atomic E-state index is 12.2. The van der Waals surface area contributed by atoms with Crippen LogP contribution in [0.15, 0.2) is 18.2 Å². The van der Waals surface area contributed by atoms with Gasteiger partial charge in [0, 0.05) is 12.8 Å². The number of methoxy groups -OCH3 is 1. The number of carbonyl (C=O) groups is 1. The number of carbonyl (C=O) groups excluding carboxylic acids is 1. The summed E-state index contributed by atoms with van der Waals surface area (Å²) in [6.07, 6.45) is 3.05. The molecule has 3 N–H and O–H groups in total. The molecule has 0 spiro atoms.